The van der Waals surface area contributed by atoms with E-state index in [0.717, 1.165) is 53.8 Å². The quantitative estimate of drug-likeness (QED) is 0.242. The third-order valence-corrected chi connectivity index (χ3v) is 5.08. The smallest absolute Gasteiger partial charge is 0.442 e. The van der Waals surface area contributed by atoms with Crippen LogP contribution < -0.4 is 24.0 Å². The highest BCUT2D eigenvalue weighted by Crippen LogP contribution is 2.40. The van der Waals surface area contributed by atoms with Gasteiger partial charge in [-0.2, -0.15) is 0 Å². The van der Waals surface area contributed by atoms with Crippen molar-refractivity contribution in [1.29, 1.82) is 0 Å². The minimum atomic E-state index is -0.447. The predicted molar refractivity (Wildman–Crippen MR) is 98.7 cm³/mol. The number of fused-ring (bicyclic) bond motifs is 1. The van der Waals surface area contributed by atoms with Crippen LogP contribution in [0.5, 0.6) is 0 Å². The van der Waals surface area contributed by atoms with Crippen molar-refractivity contribution in [2.75, 3.05) is 33.4 Å². The summed E-state index contributed by atoms with van der Waals surface area (Å²) in [6.45, 7) is 4.34. The lowest BCUT2D eigenvalue weighted by atomic mass is 10.0. The zero-order valence-electron chi connectivity index (χ0n) is 15.1. The molecule has 0 N–H and O–H groups in total. The van der Waals surface area contributed by atoms with Crippen LogP contribution in [0, 0.1) is 10.1 Å². The van der Waals surface area contributed by atoms with Gasteiger partial charge in [0.05, 0.1) is 20.3 Å². The Morgan fingerprint density at radius 3 is 2.48 bits per heavy atom. The Bertz CT molecular complexity index is 949. The summed E-state index contributed by atoms with van der Waals surface area (Å²) in [6.07, 6.45) is 0. The minimum Gasteiger partial charge on any atom is -1.00 e. The summed E-state index contributed by atoms with van der Waals surface area (Å²) in [4.78, 5) is 11.1. The van der Waals surface area contributed by atoms with Gasteiger partial charge in [-0.3, -0.25) is 10.1 Å². The highest BCUT2D eigenvalue weighted by atomic mass is 127. The Kier molecular flexibility index (Phi) is 5.83. The number of nitro groups is 1. The van der Waals surface area contributed by atoms with E-state index in [4.69, 9.17) is 9.15 Å². The summed E-state index contributed by atoms with van der Waals surface area (Å²) in [7, 11) is 2.22. The Hall–Kier alpha value is -1.97. The van der Waals surface area contributed by atoms with Gasteiger partial charge in [-0.25, -0.2) is 0 Å². The predicted octanol–water partition coefficient (Wildman–Crippen LogP) is 0.989. The number of rotatable bonds is 4. The topological polar surface area (TPSA) is 65.5 Å². The fourth-order valence-electron chi connectivity index (χ4n) is 3.63. The molecule has 0 aliphatic carbocycles. The highest BCUT2D eigenvalue weighted by Gasteiger charge is 2.28. The SMILES string of the molecule is C[N+]1(Cc2ccc3oc([N+](=O)[O-])c(-c4ccccc4)c3c2)CCOCC1.[I-]. The van der Waals surface area contributed by atoms with Gasteiger partial charge in [0.1, 0.15) is 35.7 Å². The van der Waals surface area contributed by atoms with Crippen LogP contribution in [0.1, 0.15) is 5.56 Å². The average Bonchev–Trinajstić information content (AvgIpc) is 3.02. The van der Waals surface area contributed by atoms with E-state index < -0.39 is 4.92 Å². The first-order chi connectivity index (χ1) is 12.6. The van der Waals surface area contributed by atoms with Crippen LogP contribution in [-0.2, 0) is 11.3 Å². The van der Waals surface area contributed by atoms with Crippen molar-refractivity contribution in [3.63, 3.8) is 0 Å². The van der Waals surface area contributed by atoms with Crippen LogP contribution in [0.4, 0.5) is 5.88 Å². The molecule has 0 spiro atoms. The molecule has 7 heteroatoms. The van der Waals surface area contributed by atoms with E-state index in [-0.39, 0.29) is 29.9 Å². The number of benzene rings is 2. The number of hydrogen-bond donors (Lipinski definition) is 0. The summed E-state index contributed by atoms with van der Waals surface area (Å²) in [5, 5.41) is 12.3. The first kappa shape index (κ1) is 19.8. The second-order valence-electron chi connectivity index (χ2n) is 7.07. The number of morpholine rings is 1. The van der Waals surface area contributed by atoms with E-state index in [0.29, 0.717) is 11.1 Å². The molecule has 27 heavy (non-hydrogen) atoms. The number of ether oxygens (including phenoxy) is 1. The number of quaternary nitrogens is 1. The molecule has 1 fully saturated rings. The third kappa shape index (κ3) is 3.99. The van der Waals surface area contributed by atoms with Gasteiger partial charge in [0.2, 0.25) is 0 Å². The molecule has 2 heterocycles. The van der Waals surface area contributed by atoms with Gasteiger partial charge in [-0.05, 0) is 23.8 Å². The molecule has 142 valence electrons. The molecule has 3 aromatic rings. The second-order valence-corrected chi connectivity index (χ2v) is 7.07. The summed E-state index contributed by atoms with van der Waals surface area (Å²) in [5.74, 6) is -0.199. The van der Waals surface area contributed by atoms with E-state index in [1.807, 2.05) is 48.5 Å². The first-order valence-electron chi connectivity index (χ1n) is 8.72. The second kappa shape index (κ2) is 7.95. The molecule has 0 atom stereocenters. The zero-order chi connectivity index (χ0) is 18.1. The van der Waals surface area contributed by atoms with Crippen LogP contribution in [0.25, 0.3) is 22.1 Å². The zero-order valence-corrected chi connectivity index (χ0v) is 17.2. The average molecular weight is 480 g/mol. The number of hydrogen-bond acceptors (Lipinski definition) is 4. The van der Waals surface area contributed by atoms with Crippen molar-refractivity contribution in [2.24, 2.45) is 0 Å². The van der Waals surface area contributed by atoms with E-state index >= 15 is 0 Å². The number of likely N-dealkylation sites (N-methyl/N-ethyl adjacent to an activating group) is 1. The number of nitrogens with zero attached hydrogens (tertiary/aromatic N) is 2. The van der Waals surface area contributed by atoms with Crippen LogP contribution in [-0.4, -0.2) is 42.8 Å². The lowest BCUT2D eigenvalue weighted by Crippen LogP contribution is -3.00. The minimum absolute atomic E-state index is 0. The summed E-state index contributed by atoms with van der Waals surface area (Å²) in [5.41, 5.74) is 3.04. The fraction of sp³-hybridized carbons (Fsp3) is 0.300. The molecule has 0 unspecified atom stereocenters. The monoisotopic (exact) mass is 480 g/mol. The Labute approximate surface area is 174 Å². The summed E-state index contributed by atoms with van der Waals surface area (Å²) < 4.78 is 11.9. The largest absolute Gasteiger partial charge is 1.00 e. The molecule has 1 saturated heterocycles. The molecule has 1 aromatic heterocycles. The number of halogens is 1. The molecule has 6 nitrogen and oxygen atoms in total. The van der Waals surface area contributed by atoms with Crippen LogP contribution >= 0.6 is 0 Å². The van der Waals surface area contributed by atoms with Gasteiger partial charge in [-0.15, -0.1) is 0 Å². The molecule has 4 rings (SSSR count). The highest BCUT2D eigenvalue weighted by molar-refractivity contribution is 5.98. The summed E-state index contributed by atoms with van der Waals surface area (Å²) >= 11 is 0. The Morgan fingerprint density at radius 1 is 1.11 bits per heavy atom. The van der Waals surface area contributed by atoms with Gasteiger partial charge in [0, 0.05) is 10.9 Å². The molecular formula is C20H21IN2O4. The van der Waals surface area contributed by atoms with Gasteiger partial charge in [0.25, 0.3) is 0 Å². The van der Waals surface area contributed by atoms with E-state index in [1.165, 1.54) is 0 Å². The standard InChI is InChI=1S/C20H21N2O4.HI/c1-22(9-11-25-12-10-22)14-15-7-8-18-17(13-15)19(20(26-18)21(23)24)16-5-3-2-4-6-16;/h2-8,13H,9-12,14H2,1H3;1H/q+1;/p-1. The van der Waals surface area contributed by atoms with Crippen molar-refractivity contribution in [1.82, 2.24) is 0 Å². The molecule has 0 bridgehead atoms. The molecule has 0 amide bonds. The molecular weight excluding hydrogens is 459 g/mol. The Balaban J connectivity index is 0.00000210. The van der Waals surface area contributed by atoms with Crippen molar-refractivity contribution in [3.8, 4) is 11.1 Å². The maximum Gasteiger partial charge on any atom is 0.442 e. The van der Waals surface area contributed by atoms with E-state index in [9.17, 15) is 10.1 Å². The molecule has 0 radical (unpaired) electrons. The van der Waals surface area contributed by atoms with Crippen molar-refractivity contribution in [2.45, 2.75) is 6.54 Å². The maximum atomic E-state index is 11.5. The normalized spacial score (nSPS) is 16.0. The lowest BCUT2D eigenvalue weighted by Gasteiger charge is -2.37. The fourth-order valence-corrected chi connectivity index (χ4v) is 3.63. The van der Waals surface area contributed by atoms with Crippen LogP contribution in [0.15, 0.2) is 52.9 Å². The van der Waals surface area contributed by atoms with Gasteiger partial charge in [0.15, 0.2) is 0 Å². The van der Waals surface area contributed by atoms with E-state index in [1.54, 1.807) is 0 Å². The van der Waals surface area contributed by atoms with Gasteiger partial charge >= 0.3 is 5.88 Å². The molecule has 1 aliphatic heterocycles. The van der Waals surface area contributed by atoms with Gasteiger partial charge < -0.3 is 37.6 Å². The van der Waals surface area contributed by atoms with Crippen molar-refractivity contribution in [3.05, 3.63) is 64.2 Å². The third-order valence-electron chi connectivity index (χ3n) is 5.08. The van der Waals surface area contributed by atoms with Crippen molar-refractivity contribution < 1.29 is 42.5 Å². The number of furan rings is 1. The molecule has 0 saturated carbocycles. The Morgan fingerprint density at radius 2 is 1.81 bits per heavy atom. The van der Waals surface area contributed by atoms with Gasteiger partial charge in [-0.1, -0.05) is 30.3 Å². The van der Waals surface area contributed by atoms with E-state index in [2.05, 4.69) is 7.05 Å². The molecule has 2 aromatic carbocycles. The maximum absolute atomic E-state index is 11.5. The van der Waals surface area contributed by atoms with Crippen LogP contribution in [0.2, 0.25) is 0 Å². The van der Waals surface area contributed by atoms with Crippen molar-refractivity contribution >= 4 is 16.9 Å². The summed E-state index contributed by atoms with van der Waals surface area (Å²) in [6, 6.07) is 15.3. The lowest BCUT2D eigenvalue weighted by molar-refractivity contribution is -0.929. The molecule has 1 aliphatic rings. The first-order valence-corrected chi connectivity index (χ1v) is 8.72. The van der Waals surface area contributed by atoms with Crippen LogP contribution in [0.3, 0.4) is 0 Å².